The summed E-state index contributed by atoms with van der Waals surface area (Å²) < 4.78 is 0. The van der Waals surface area contributed by atoms with E-state index in [1.807, 2.05) is 0 Å². The highest BCUT2D eigenvalue weighted by molar-refractivity contribution is 5.83. The monoisotopic (exact) mass is 281 g/mol. The van der Waals surface area contributed by atoms with E-state index >= 15 is 0 Å². The van der Waals surface area contributed by atoms with Gasteiger partial charge in [0.1, 0.15) is 0 Å². The standard InChI is InChI=1S/C20H27N/c1-20(2)11-10-18(14-21-3)19(13-20)17-9-8-15-6-4-5-7-16(15)12-17/h4-9,12,18-19,21H,10-11,13-14H2,1-3H3. The van der Waals surface area contributed by atoms with E-state index in [9.17, 15) is 0 Å². The molecule has 1 aliphatic rings. The minimum absolute atomic E-state index is 0.473. The average Bonchev–Trinajstić information content (AvgIpc) is 2.48. The van der Waals surface area contributed by atoms with E-state index < -0.39 is 0 Å². The molecule has 1 saturated carbocycles. The zero-order valence-corrected chi connectivity index (χ0v) is 13.5. The third-order valence-electron chi connectivity index (χ3n) is 5.20. The highest BCUT2D eigenvalue weighted by Gasteiger charge is 2.35. The van der Waals surface area contributed by atoms with Gasteiger partial charge in [0.25, 0.3) is 0 Å². The second-order valence-electron chi connectivity index (χ2n) is 7.44. The van der Waals surface area contributed by atoms with Crippen molar-refractivity contribution in [2.75, 3.05) is 13.6 Å². The lowest BCUT2D eigenvalue weighted by molar-refractivity contribution is 0.161. The number of hydrogen-bond donors (Lipinski definition) is 1. The Balaban J connectivity index is 1.96. The van der Waals surface area contributed by atoms with Crippen LogP contribution in [0, 0.1) is 11.3 Å². The van der Waals surface area contributed by atoms with Crippen molar-refractivity contribution in [1.29, 1.82) is 0 Å². The first-order valence-corrected chi connectivity index (χ1v) is 8.22. The first kappa shape index (κ1) is 14.6. The van der Waals surface area contributed by atoms with E-state index in [4.69, 9.17) is 0 Å². The molecule has 1 fully saturated rings. The first-order chi connectivity index (χ1) is 10.1. The molecule has 2 aromatic carbocycles. The zero-order valence-electron chi connectivity index (χ0n) is 13.5. The van der Waals surface area contributed by atoms with Crippen molar-refractivity contribution in [2.45, 2.75) is 39.0 Å². The van der Waals surface area contributed by atoms with Crippen LogP contribution in [0.4, 0.5) is 0 Å². The third-order valence-corrected chi connectivity index (χ3v) is 5.20. The minimum atomic E-state index is 0.473. The summed E-state index contributed by atoms with van der Waals surface area (Å²) in [6.07, 6.45) is 3.99. The number of benzene rings is 2. The molecule has 0 radical (unpaired) electrons. The van der Waals surface area contributed by atoms with E-state index in [-0.39, 0.29) is 0 Å². The lowest BCUT2D eigenvalue weighted by Crippen LogP contribution is -2.33. The smallest absolute Gasteiger partial charge is 0.00177 e. The molecule has 21 heavy (non-hydrogen) atoms. The number of nitrogens with one attached hydrogen (secondary N) is 1. The van der Waals surface area contributed by atoms with Crippen molar-refractivity contribution in [3.63, 3.8) is 0 Å². The Kier molecular flexibility index (Phi) is 4.03. The molecule has 1 N–H and O–H groups in total. The van der Waals surface area contributed by atoms with E-state index in [1.165, 1.54) is 35.6 Å². The summed E-state index contributed by atoms with van der Waals surface area (Å²) in [5.41, 5.74) is 2.00. The molecule has 0 bridgehead atoms. The Bertz CT molecular complexity index is 614. The molecular weight excluding hydrogens is 254 g/mol. The van der Waals surface area contributed by atoms with Gasteiger partial charge in [-0.15, -0.1) is 0 Å². The molecule has 0 amide bonds. The highest BCUT2D eigenvalue weighted by atomic mass is 14.8. The van der Waals surface area contributed by atoms with Crippen LogP contribution in [0.5, 0.6) is 0 Å². The van der Waals surface area contributed by atoms with Crippen LogP contribution in [0.1, 0.15) is 44.6 Å². The Labute approximate surface area is 128 Å². The van der Waals surface area contributed by atoms with Gasteiger partial charge >= 0.3 is 0 Å². The molecule has 1 nitrogen and oxygen atoms in total. The number of fused-ring (bicyclic) bond motifs is 1. The Morgan fingerprint density at radius 2 is 1.86 bits per heavy atom. The maximum Gasteiger partial charge on any atom is -0.00177 e. The van der Waals surface area contributed by atoms with Crippen molar-refractivity contribution < 1.29 is 0 Å². The topological polar surface area (TPSA) is 12.0 Å². The van der Waals surface area contributed by atoms with Crippen molar-refractivity contribution in [3.05, 3.63) is 48.0 Å². The second-order valence-corrected chi connectivity index (χ2v) is 7.44. The average molecular weight is 281 g/mol. The highest BCUT2D eigenvalue weighted by Crippen LogP contribution is 2.46. The summed E-state index contributed by atoms with van der Waals surface area (Å²) in [6, 6.07) is 15.8. The SMILES string of the molecule is CNCC1CCC(C)(C)CC1c1ccc2ccccc2c1. The molecule has 0 spiro atoms. The maximum absolute atomic E-state index is 3.40. The van der Waals surface area contributed by atoms with Crippen LogP contribution >= 0.6 is 0 Å². The minimum Gasteiger partial charge on any atom is -0.319 e. The summed E-state index contributed by atoms with van der Waals surface area (Å²) in [6.45, 7) is 5.99. The summed E-state index contributed by atoms with van der Waals surface area (Å²) >= 11 is 0. The predicted octanol–water partition coefficient (Wildman–Crippen LogP) is 4.97. The number of rotatable bonds is 3. The van der Waals surface area contributed by atoms with Gasteiger partial charge in [-0.2, -0.15) is 0 Å². The second kappa shape index (κ2) is 5.81. The normalized spacial score (nSPS) is 25.1. The van der Waals surface area contributed by atoms with Gasteiger partial charge in [-0.25, -0.2) is 0 Å². The van der Waals surface area contributed by atoms with Gasteiger partial charge in [-0.1, -0.05) is 56.3 Å². The zero-order chi connectivity index (χ0) is 14.9. The molecule has 1 aliphatic carbocycles. The first-order valence-electron chi connectivity index (χ1n) is 8.22. The fraction of sp³-hybridized carbons (Fsp3) is 0.500. The molecule has 0 saturated heterocycles. The van der Waals surface area contributed by atoms with E-state index in [1.54, 1.807) is 0 Å². The molecule has 2 aromatic rings. The van der Waals surface area contributed by atoms with Crippen molar-refractivity contribution in [1.82, 2.24) is 5.32 Å². The molecule has 0 aliphatic heterocycles. The van der Waals surface area contributed by atoms with Crippen LogP contribution in [-0.2, 0) is 0 Å². The molecule has 0 heterocycles. The van der Waals surface area contributed by atoms with Crippen LogP contribution in [-0.4, -0.2) is 13.6 Å². The molecule has 3 rings (SSSR count). The summed E-state index contributed by atoms with van der Waals surface area (Å²) in [4.78, 5) is 0. The van der Waals surface area contributed by atoms with Gasteiger partial charge in [-0.05, 0) is 66.4 Å². The molecule has 2 atom stereocenters. The summed E-state index contributed by atoms with van der Waals surface area (Å²) in [5.74, 6) is 1.45. The quantitative estimate of drug-likeness (QED) is 0.837. The van der Waals surface area contributed by atoms with Gasteiger partial charge in [0.15, 0.2) is 0 Å². The van der Waals surface area contributed by atoms with Gasteiger partial charge in [0, 0.05) is 0 Å². The Morgan fingerprint density at radius 3 is 2.62 bits per heavy atom. The lowest BCUT2D eigenvalue weighted by atomic mass is 9.65. The molecule has 2 unspecified atom stereocenters. The summed E-state index contributed by atoms with van der Waals surface area (Å²) in [5, 5.41) is 6.13. The number of hydrogen-bond acceptors (Lipinski definition) is 1. The summed E-state index contributed by atoms with van der Waals surface area (Å²) in [7, 11) is 2.08. The fourth-order valence-corrected chi connectivity index (χ4v) is 3.98. The van der Waals surface area contributed by atoms with E-state index in [0.717, 1.165) is 12.5 Å². The van der Waals surface area contributed by atoms with E-state index in [0.29, 0.717) is 11.3 Å². The molecule has 1 heteroatoms. The fourth-order valence-electron chi connectivity index (χ4n) is 3.98. The van der Waals surface area contributed by atoms with Crippen LogP contribution < -0.4 is 5.32 Å². The molecular formula is C20H27N. The van der Waals surface area contributed by atoms with Crippen LogP contribution in [0.2, 0.25) is 0 Å². The van der Waals surface area contributed by atoms with E-state index in [2.05, 4.69) is 68.7 Å². The van der Waals surface area contributed by atoms with Gasteiger partial charge in [0.05, 0.1) is 0 Å². The van der Waals surface area contributed by atoms with Crippen molar-refractivity contribution in [3.8, 4) is 0 Å². The largest absolute Gasteiger partial charge is 0.319 e. The van der Waals surface area contributed by atoms with Gasteiger partial charge in [0.2, 0.25) is 0 Å². The third kappa shape index (κ3) is 3.13. The van der Waals surface area contributed by atoms with Crippen LogP contribution in [0.3, 0.4) is 0 Å². The van der Waals surface area contributed by atoms with Gasteiger partial charge < -0.3 is 5.32 Å². The molecule has 0 aromatic heterocycles. The van der Waals surface area contributed by atoms with Gasteiger partial charge in [-0.3, -0.25) is 0 Å². The van der Waals surface area contributed by atoms with Crippen molar-refractivity contribution in [2.24, 2.45) is 11.3 Å². The van der Waals surface area contributed by atoms with Crippen LogP contribution in [0.15, 0.2) is 42.5 Å². The maximum atomic E-state index is 3.40. The Morgan fingerprint density at radius 1 is 1.10 bits per heavy atom. The molecule has 112 valence electrons. The Hall–Kier alpha value is -1.34. The van der Waals surface area contributed by atoms with Crippen LogP contribution in [0.25, 0.3) is 10.8 Å². The predicted molar refractivity (Wildman–Crippen MR) is 91.7 cm³/mol. The van der Waals surface area contributed by atoms with Crippen molar-refractivity contribution >= 4 is 10.8 Å². The lowest BCUT2D eigenvalue weighted by Gasteiger charge is -2.41.